The molecule has 0 amide bonds. The van der Waals surface area contributed by atoms with Crippen molar-refractivity contribution >= 4 is 39.8 Å². The topological polar surface area (TPSA) is 43.4 Å². The highest BCUT2D eigenvalue weighted by atomic mass is 79.9. The van der Waals surface area contributed by atoms with Gasteiger partial charge in [-0.05, 0) is 24.3 Å². The van der Waals surface area contributed by atoms with Gasteiger partial charge in [-0.15, -0.1) is 0 Å². The molecule has 0 aliphatic carbocycles. The van der Waals surface area contributed by atoms with Gasteiger partial charge in [-0.3, -0.25) is 0 Å². The fourth-order valence-electron chi connectivity index (χ4n) is 1.20. The second-order valence-corrected chi connectivity index (χ2v) is 5.32. The van der Waals surface area contributed by atoms with Crippen LogP contribution in [0.5, 0.6) is 0 Å². The molecule has 0 aliphatic heterocycles. The summed E-state index contributed by atoms with van der Waals surface area (Å²) in [5.74, 6) is -0.516. The maximum Gasteiger partial charge on any atom is 0.338 e. The summed E-state index contributed by atoms with van der Waals surface area (Å²) in [6.07, 6.45) is -1.37. The number of hydrogen-bond donors (Lipinski definition) is 0. The summed E-state index contributed by atoms with van der Waals surface area (Å²) in [4.78, 5) is 21.3. The molecule has 0 aromatic heterocycles. The van der Waals surface area contributed by atoms with Crippen LogP contribution in [0.25, 0.3) is 0 Å². The molecule has 0 unspecified atom stereocenters. The van der Waals surface area contributed by atoms with Gasteiger partial charge in [-0.25, -0.2) is 9.18 Å². The highest BCUT2D eigenvalue weighted by Gasteiger charge is 2.15. The third-order valence-corrected chi connectivity index (χ3v) is 2.99. The van der Waals surface area contributed by atoms with Gasteiger partial charge in [-0.2, -0.15) is 0 Å². The zero-order chi connectivity index (χ0) is 13.5. The highest BCUT2D eigenvalue weighted by Crippen LogP contribution is 2.13. The van der Waals surface area contributed by atoms with Crippen LogP contribution in [0.15, 0.2) is 24.3 Å². The lowest BCUT2D eigenvalue weighted by atomic mass is 10.2. The number of hydrogen-bond acceptors (Lipinski definition) is 3. The Balaban J connectivity index is 2.41. The maximum absolute atomic E-state index is 12.7. The smallest absolute Gasteiger partial charge is 0.338 e. The normalized spacial score (nSPS) is 13.7. The molecule has 2 atom stereocenters. The largest absolute Gasteiger partial charge is 0.461 e. The minimum Gasteiger partial charge on any atom is -0.461 e. The lowest BCUT2D eigenvalue weighted by molar-refractivity contribution is -0.112. The lowest BCUT2D eigenvalue weighted by Crippen LogP contribution is -2.18. The van der Waals surface area contributed by atoms with E-state index in [0.29, 0.717) is 10.6 Å². The van der Waals surface area contributed by atoms with Crippen LogP contribution in [0.1, 0.15) is 16.8 Å². The first-order valence-electron chi connectivity index (χ1n) is 5.19. The number of benzene rings is 1. The molecule has 0 saturated carbocycles. The van der Waals surface area contributed by atoms with Crippen LogP contribution in [-0.4, -0.2) is 29.9 Å². The fourth-order valence-corrected chi connectivity index (χ4v) is 1.82. The van der Waals surface area contributed by atoms with Crippen molar-refractivity contribution in [1.82, 2.24) is 0 Å². The van der Waals surface area contributed by atoms with E-state index in [2.05, 4.69) is 15.9 Å². The Hall–Kier alpha value is -0.940. The fraction of sp³-hybridized carbons (Fsp3) is 0.333. The van der Waals surface area contributed by atoms with Crippen molar-refractivity contribution in [1.29, 1.82) is 0 Å². The van der Waals surface area contributed by atoms with Gasteiger partial charge >= 0.3 is 5.97 Å². The van der Waals surface area contributed by atoms with E-state index in [9.17, 15) is 14.0 Å². The van der Waals surface area contributed by atoms with E-state index in [1.165, 1.54) is 12.1 Å². The molecule has 0 radical (unpaired) electrons. The number of alkyl halides is 2. The van der Waals surface area contributed by atoms with Gasteiger partial charge in [-0.1, -0.05) is 27.5 Å². The van der Waals surface area contributed by atoms with E-state index >= 15 is 0 Å². The molecule has 3 nitrogen and oxygen atoms in total. The van der Waals surface area contributed by atoms with Crippen LogP contribution in [0, 0.1) is 0 Å². The van der Waals surface area contributed by atoms with Gasteiger partial charge < -0.3 is 9.53 Å². The number of carbonyl (C=O) groups is 2. The van der Waals surface area contributed by atoms with Crippen molar-refractivity contribution in [2.45, 2.75) is 17.4 Å². The highest BCUT2D eigenvalue weighted by molar-refractivity contribution is 9.09. The average molecular weight is 338 g/mol. The summed E-state index contributed by atoms with van der Waals surface area (Å²) in [5.41, 5.74) is 0.367. The van der Waals surface area contributed by atoms with E-state index in [4.69, 9.17) is 16.3 Å². The second-order valence-electron chi connectivity index (χ2n) is 3.59. The minimum atomic E-state index is -1.55. The maximum atomic E-state index is 12.7. The van der Waals surface area contributed by atoms with E-state index in [-0.39, 0.29) is 19.3 Å². The van der Waals surface area contributed by atoms with E-state index in [1.807, 2.05) is 0 Å². The third-order valence-electron chi connectivity index (χ3n) is 2.10. The van der Waals surface area contributed by atoms with Gasteiger partial charge in [0.15, 0.2) is 12.5 Å². The Labute approximate surface area is 117 Å². The molecule has 1 aromatic rings. The Morgan fingerprint density at radius 3 is 2.61 bits per heavy atom. The van der Waals surface area contributed by atoms with Crippen LogP contribution in [0.2, 0.25) is 5.02 Å². The SMILES string of the molecule is O=C[C@@H](F)C[C@H](Br)COC(=O)c1ccc(Cl)cc1. The zero-order valence-corrected chi connectivity index (χ0v) is 11.7. The molecule has 0 N–H and O–H groups in total. The van der Waals surface area contributed by atoms with Crippen LogP contribution in [0.3, 0.4) is 0 Å². The van der Waals surface area contributed by atoms with Crippen molar-refractivity contribution in [3.8, 4) is 0 Å². The molecule has 98 valence electrons. The summed E-state index contributed by atoms with van der Waals surface area (Å²) >= 11 is 8.82. The molecular weight excluding hydrogens is 326 g/mol. The summed E-state index contributed by atoms with van der Waals surface area (Å²) < 4.78 is 17.7. The van der Waals surface area contributed by atoms with Crippen molar-refractivity contribution in [2.24, 2.45) is 0 Å². The summed E-state index contributed by atoms with van der Waals surface area (Å²) in [6.45, 7) is -0.00425. The van der Waals surface area contributed by atoms with Gasteiger partial charge in [0.2, 0.25) is 0 Å². The predicted octanol–water partition coefficient (Wildman–Crippen LogP) is 3.19. The molecule has 0 bridgehead atoms. The number of aldehydes is 1. The monoisotopic (exact) mass is 336 g/mol. The van der Waals surface area contributed by atoms with Crippen LogP contribution >= 0.6 is 27.5 Å². The Morgan fingerprint density at radius 2 is 2.06 bits per heavy atom. The van der Waals surface area contributed by atoms with Crippen LogP contribution in [-0.2, 0) is 9.53 Å². The molecule has 1 rings (SSSR count). The second kappa shape index (κ2) is 7.48. The Kier molecular flexibility index (Phi) is 6.29. The van der Waals surface area contributed by atoms with Crippen molar-refractivity contribution in [3.63, 3.8) is 0 Å². The standard InChI is InChI=1S/C12H11BrClFO3/c13-9(5-11(15)6-16)7-18-12(17)8-1-3-10(14)4-2-8/h1-4,6,9,11H,5,7H2/t9-,11-/m0/s1. The average Bonchev–Trinajstić information content (AvgIpc) is 2.36. The van der Waals surface area contributed by atoms with Crippen molar-refractivity contribution in [3.05, 3.63) is 34.9 Å². The third kappa shape index (κ3) is 5.14. The van der Waals surface area contributed by atoms with Gasteiger partial charge in [0, 0.05) is 11.4 Å². The molecule has 1 aromatic carbocycles. The molecule has 0 heterocycles. The molecule has 0 saturated heterocycles. The number of halogens is 3. The predicted molar refractivity (Wildman–Crippen MR) is 70.0 cm³/mol. The zero-order valence-electron chi connectivity index (χ0n) is 9.31. The summed E-state index contributed by atoms with van der Waals surface area (Å²) in [7, 11) is 0. The number of rotatable bonds is 6. The van der Waals surface area contributed by atoms with Gasteiger partial charge in [0.1, 0.15) is 6.61 Å². The van der Waals surface area contributed by atoms with E-state index in [0.717, 1.165) is 0 Å². The Morgan fingerprint density at radius 1 is 1.44 bits per heavy atom. The molecule has 6 heteroatoms. The van der Waals surface area contributed by atoms with Crippen LogP contribution < -0.4 is 0 Å². The van der Waals surface area contributed by atoms with E-state index < -0.39 is 17.0 Å². The van der Waals surface area contributed by atoms with Gasteiger partial charge in [0.05, 0.1) is 10.4 Å². The number of carbonyl (C=O) groups excluding carboxylic acids is 2. The molecular formula is C12H11BrClFO3. The first-order valence-corrected chi connectivity index (χ1v) is 6.48. The minimum absolute atomic E-state index is 0.00425. The Bertz CT molecular complexity index is 410. The first-order chi connectivity index (χ1) is 8.52. The van der Waals surface area contributed by atoms with E-state index in [1.54, 1.807) is 12.1 Å². The summed E-state index contributed by atoms with van der Waals surface area (Å²) in [5, 5.41) is 0.524. The molecule has 18 heavy (non-hydrogen) atoms. The number of ether oxygens (including phenoxy) is 1. The van der Waals surface area contributed by atoms with Crippen molar-refractivity contribution in [2.75, 3.05) is 6.61 Å². The quantitative estimate of drug-likeness (QED) is 0.455. The lowest BCUT2D eigenvalue weighted by Gasteiger charge is -2.10. The first kappa shape index (κ1) is 15.1. The molecule has 0 aliphatic rings. The van der Waals surface area contributed by atoms with Crippen molar-refractivity contribution < 1.29 is 18.7 Å². The van der Waals surface area contributed by atoms with Gasteiger partial charge in [0.25, 0.3) is 0 Å². The van der Waals surface area contributed by atoms with Crippen LogP contribution in [0.4, 0.5) is 4.39 Å². The molecule has 0 fully saturated rings. The summed E-state index contributed by atoms with van der Waals surface area (Å²) in [6, 6.07) is 6.23. The number of esters is 1. The molecule has 0 spiro atoms.